The quantitative estimate of drug-likeness (QED) is 0.767. The van der Waals surface area contributed by atoms with Gasteiger partial charge >= 0.3 is 0 Å². The molecular weight excluding hydrogens is 397 g/mol. The van der Waals surface area contributed by atoms with Crippen molar-refractivity contribution in [2.45, 2.75) is 26.7 Å². The van der Waals surface area contributed by atoms with Crippen molar-refractivity contribution < 1.29 is 13.9 Å². The number of nitrogens with zero attached hydrogens (tertiary/aromatic N) is 4. The second-order valence-corrected chi connectivity index (χ2v) is 8.00. The van der Waals surface area contributed by atoms with Crippen LogP contribution < -0.4 is 10.1 Å². The number of halogens is 1. The van der Waals surface area contributed by atoms with Gasteiger partial charge in [0.25, 0.3) is 0 Å². The van der Waals surface area contributed by atoms with Crippen molar-refractivity contribution in [1.82, 2.24) is 15.0 Å². The van der Waals surface area contributed by atoms with Gasteiger partial charge in [-0.3, -0.25) is 4.79 Å². The fourth-order valence-corrected chi connectivity index (χ4v) is 4.10. The number of anilines is 1. The van der Waals surface area contributed by atoms with Gasteiger partial charge in [0.15, 0.2) is 5.75 Å². The summed E-state index contributed by atoms with van der Waals surface area (Å²) < 4.78 is 19.2. The smallest absolute Gasteiger partial charge is 0.229 e. The van der Waals surface area contributed by atoms with Crippen molar-refractivity contribution in [3.63, 3.8) is 0 Å². The summed E-state index contributed by atoms with van der Waals surface area (Å²) in [6.07, 6.45) is 9.56. The van der Waals surface area contributed by atoms with Crippen LogP contribution in [0.25, 0.3) is 0 Å². The van der Waals surface area contributed by atoms with Crippen LogP contribution in [0.5, 0.6) is 5.75 Å². The second-order valence-electron chi connectivity index (χ2n) is 8.00. The summed E-state index contributed by atoms with van der Waals surface area (Å²) in [6, 6.07) is 4.89. The molecule has 2 aromatic rings. The minimum atomic E-state index is -0.467. The van der Waals surface area contributed by atoms with Gasteiger partial charge in [-0.25, -0.2) is 19.3 Å². The normalized spacial score (nSPS) is 24.1. The molecule has 1 amide bonds. The molecule has 0 saturated heterocycles. The molecule has 1 unspecified atom stereocenters. The largest absolute Gasteiger partial charge is 0.489 e. The molecular formula is C23H22FN5O2. The highest BCUT2D eigenvalue weighted by molar-refractivity contribution is 5.94. The van der Waals surface area contributed by atoms with Gasteiger partial charge in [-0.2, -0.15) is 5.26 Å². The molecule has 0 radical (unpaired) electrons. The number of carbonyl (C=O) groups is 1. The van der Waals surface area contributed by atoms with Crippen molar-refractivity contribution in [2.24, 2.45) is 17.3 Å². The van der Waals surface area contributed by atoms with Crippen molar-refractivity contribution in [3.8, 4) is 11.8 Å². The highest BCUT2D eigenvalue weighted by atomic mass is 19.1. The van der Waals surface area contributed by atoms with Gasteiger partial charge in [-0.1, -0.05) is 12.2 Å². The molecule has 0 aromatic carbocycles. The van der Waals surface area contributed by atoms with E-state index >= 15 is 0 Å². The van der Waals surface area contributed by atoms with E-state index < -0.39 is 11.2 Å². The number of ether oxygens (including phenoxy) is 1. The molecule has 8 heteroatoms. The Morgan fingerprint density at radius 3 is 2.90 bits per heavy atom. The Hall–Kier alpha value is -3.60. The summed E-state index contributed by atoms with van der Waals surface area (Å²) in [5.41, 5.74) is 0.943. The number of allylic oxidation sites excluding steroid dienone is 4. The van der Waals surface area contributed by atoms with E-state index in [9.17, 15) is 14.4 Å². The first-order valence-electron chi connectivity index (χ1n) is 10.0. The number of rotatable bonds is 6. The van der Waals surface area contributed by atoms with Crippen LogP contribution in [0.2, 0.25) is 0 Å². The first-order chi connectivity index (χ1) is 14.9. The van der Waals surface area contributed by atoms with Gasteiger partial charge in [0, 0.05) is 16.9 Å². The summed E-state index contributed by atoms with van der Waals surface area (Å²) in [5.74, 6) is 0.537. The zero-order chi connectivity index (χ0) is 22.0. The zero-order valence-corrected chi connectivity index (χ0v) is 17.3. The Morgan fingerprint density at radius 2 is 2.19 bits per heavy atom. The molecule has 2 aliphatic rings. The van der Waals surface area contributed by atoms with Crippen LogP contribution in [0.3, 0.4) is 0 Å². The minimum absolute atomic E-state index is 0.0178. The number of hydrogen-bond acceptors (Lipinski definition) is 6. The molecule has 1 N–H and O–H groups in total. The number of hydrogen-bond donors (Lipinski definition) is 1. The Morgan fingerprint density at radius 1 is 1.35 bits per heavy atom. The lowest BCUT2D eigenvalue weighted by molar-refractivity contribution is -0.118. The first-order valence-corrected chi connectivity index (χ1v) is 10.0. The van der Waals surface area contributed by atoms with Crippen LogP contribution in [0.1, 0.15) is 24.4 Å². The van der Waals surface area contributed by atoms with Crippen molar-refractivity contribution in [2.75, 3.05) is 11.9 Å². The number of nitriles is 1. The highest BCUT2D eigenvalue weighted by Crippen LogP contribution is 2.60. The summed E-state index contributed by atoms with van der Waals surface area (Å²) in [5, 5.41) is 12.1. The van der Waals surface area contributed by atoms with E-state index in [4.69, 9.17) is 4.74 Å². The highest BCUT2D eigenvalue weighted by Gasteiger charge is 2.62. The van der Waals surface area contributed by atoms with Gasteiger partial charge < -0.3 is 10.1 Å². The molecule has 2 aromatic heterocycles. The van der Waals surface area contributed by atoms with E-state index in [0.29, 0.717) is 42.4 Å². The van der Waals surface area contributed by atoms with E-state index in [1.54, 1.807) is 12.3 Å². The van der Waals surface area contributed by atoms with Crippen LogP contribution in [0, 0.1) is 48.2 Å². The number of carbonyl (C=O) groups excluding carboxylic acids is 1. The standard InChI is InChI=1S/C23H22FN5O2/c1-14-20(12-26-15(2)28-14)31-13-23(17-5-3-4-16(8-17)10-25)9-19(23)22(30)29-21-7-6-18(24)11-27-21/h3-7,11-12,17,19H,8-9,13H2,1-2H3,(H,27,29,30)/t17?,19-,23+/m0/s1. The Balaban J connectivity index is 1.53. The topological polar surface area (TPSA) is 101 Å². The Kier molecular flexibility index (Phi) is 5.51. The summed E-state index contributed by atoms with van der Waals surface area (Å²) >= 11 is 0. The molecule has 1 saturated carbocycles. The third-order valence-corrected chi connectivity index (χ3v) is 5.93. The second kappa shape index (κ2) is 8.26. The predicted octanol–water partition coefficient (Wildman–Crippen LogP) is 3.68. The van der Waals surface area contributed by atoms with Gasteiger partial charge in [0.2, 0.25) is 5.91 Å². The number of amides is 1. The van der Waals surface area contributed by atoms with E-state index in [1.807, 2.05) is 26.0 Å². The van der Waals surface area contributed by atoms with Crippen LogP contribution in [0.4, 0.5) is 10.2 Å². The zero-order valence-electron chi connectivity index (χ0n) is 17.3. The van der Waals surface area contributed by atoms with Crippen LogP contribution in [0.15, 0.2) is 48.3 Å². The number of aromatic nitrogens is 3. The molecule has 1 fully saturated rings. The third kappa shape index (κ3) is 4.31. The SMILES string of the molecule is Cc1ncc(OC[C@@]2(C3C=CC=C(C#N)C3)C[C@H]2C(=O)Nc2ccc(F)cn2)c(C)n1. The maximum atomic E-state index is 13.1. The predicted molar refractivity (Wildman–Crippen MR) is 111 cm³/mol. The molecule has 158 valence electrons. The fraction of sp³-hybridized carbons (Fsp3) is 0.348. The lowest BCUT2D eigenvalue weighted by Gasteiger charge is -2.27. The maximum absolute atomic E-state index is 13.1. The summed E-state index contributed by atoms with van der Waals surface area (Å²) in [6.45, 7) is 3.96. The van der Waals surface area contributed by atoms with E-state index in [0.717, 1.165) is 11.9 Å². The minimum Gasteiger partial charge on any atom is -0.489 e. The monoisotopic (exact) mass is 419 g/mol. The van der Waals surface area contributed by atoms with Gasteiger partial charge in [-0.15, -0.1) is 0 Å². The van der Waals surface area contributed by atoms with Crippen LogP contribution in [-0.2, 0) is 4.79 Å². The number of nitrogens with one attached hydrogen (secondary N) is 1. The van der Waals surface area contributed by atoms with Crippen molar-refractivity contribution in [3.05, 3.63) is 65.7 Å². The van der Waals surface area contributed by atoms with Gasteiger partial charge in [0.05, 0.1) is 30.8 Å². The molecule has 3 atom stereocenters. The van der Waals surface area contributed by atoms with E-state index in [-0.39, 0.29) is 17.7 Å². The third-order valence-electron chi connectivity index (χ3n) is 5.93. The molecule has 7 nitrogen and oxygen atoms in total. The Bertz CT molecular complexity index is 1110. The van der Waals surface area contributed by atoms with Crippen molar-refractivity contribution in [1.29, 1.82) is 5.26 Å². The van der Waals surface area contributed by atoms with E-state index in [2.05, 4.69) is 26.3 Å². The first kappa shape index (κ1) is 20.7. The molecule has 0 spiro atoms. The number of aryl methyl sites for hydroxylation is 2. The van der Waals surface area contributed by atoms with Gasteiger partial charge in [0.1, 0.15) is 17.5 Å². The maximum Gasteiger partial charge on any atom is 0.229 e. The average molecular weight is 419 g/mol. The molecule has 0 bridgehead atoms. The summed E-state index contributed by atoms with van der Waals surface area (Å²) in [4.78, 5) is 25.4. The average Bonchev–Trinajstić information content (AvgIpc) is 3.51. The van der Waals surface area contributed by atoms with Crippen LogP contribution in [-0.4, -0.2) is 27.5 Å². The van der Waals surface area contributed by atoms with Gasteiger partial charge in [-0.05, 0) is 50.8 Å². The van der Waals surface area contributed by atoms with Crippen LogP contribution >= 0.6 is 0 Å². The fourth-order valence-electron chi connectivity index (χ4n) is 4.10. The molecule has 2 heterocycles. The van der Waals surface area contributed by atoms with Crippen molar-refractivity contribution >= 4 is 11.7 Å². The van der Waals surface area contributed by atoms with E-state index in [1.165, 1.54) is 12.1 Å². The molecule has 2 aliphatic carbocycles. The molecule has 4 rings (SSSR count). The molecule has 31 heavy (non-hydrogen) atoms. The summed E-state index contributed by atoms with van der Waals surface area (Å²) in [7, 11) is 0. The Labute approximate surface area is 179 Å². The lowest BCUT2D eigenvalue weighted by Crippen LogP contribution is -2.30. The molecule has 0 aliphatic heterocycles. The lowest BCUT2D eigenvalue weighted by atomic mass is 9.80. The number of pyridine rings is 1.